The van der Waals surface area contributed by atoms with Crippen LogP contribution in [-0.4, -0.2) is 35.9 Å². The van der Waals surface area contributed by atoms with Gasteiger partial charge in [-0.25, -0.2) is 0 Å². The second-order valence-electron chi connectivity index (χ2n) is 9.76. The topological polar surface area (TPSA) is 58.6 Å². The van der Waals surface area contributed by atoms with Crippen molar-refractivity contribution in [3.8, 4) is 5.75 Å². The second kappa shape index (κ2) is 14.4. The molecule has 0 aromatic heterocycles. The summed E-state index contributed by atoms with van der Waals surface area (Å²) in [4.78, 5) is 28.8. The van der Waals surface area contributed by atoms with Crippen molar-refractivity contribution in [2.45, 2.75) is 52.6 Å². The molecular formula is C31H37ClN2O3. The smallest absolute Gasteiger partial charge is 0.243 e. The number of halogens is 1. The molecule has 3 rings (SSSR count). The van der Waals surface area contributed by atoms with E-state index in [2.05, 4.69) is 19.2 Å². The van der Waals surface area contributed by atoms with Crippen LogP contribution in [0.3, 0.4) is 0 Å². The molecule has 0 fully saturated rings. The van der Waals surface area contributed by atoms with Crippen LogP contribution in [0.5, 0.6) is 5.75 Å². The highest BCUT2D eigenvalue weighted by Crippen LogP contribution is 2.18. The average molecular weight is 521 g/mol. The summed E-state index contributed by atoms with van der Waals surface area (Å²) in [5, 5.41) is 3.71. The Hall–Kier alpha value is -3.31. The molecule has 0 heterocycles. The van der Waals surface area contributed by atoms with Crippen LogP contribution in [0.1, 0.15) is 43.4 Å². The highest BCUT2D eigenvalue weighted by atomic mass is 35.5. The van der Waals surface area contributed by atoms with Crippen LogP contribution in [0.2, 0.25) is 5.02 Å². The molecule has 0 radical (unpaired) electrons. The van der Waals surface area contributed by atoms with Gasteiger partial charge in [0.2, 0.25) is 11.8 Å². The number of nitrogens with one attached hydrogen (secondary N) is 1. The first-order chi connectivity index (χ1) is 17.8. The molecule has 3 aromatic rings. The van der Waals surface area contributed by atoms with Gasteiger partial charge in [0.15, 0.2) is 0 Å². The van der Waals surface area contributed by atoms with Crippen LogP contribution in [-0.2, 0) is 22.6 Å². The third kappa shape index (κ3) is 9.58. The predicted octanol–water partition coefficient (Wildman–Crippen LogP) is 6.22. The number of nitrogens with zero attached hydrogens (tertiary/aromatic N) is 1. The minimum atomic E-state index is -0.618. The Kier molecular flexibility index (Phi) is 11.0. The van der Waals surface area contributed by atoms with Crippen molar-refractivity contribution in [2.24, 2.45) is 5.92 Å². The molecule has 0 aliphatic carbocycles. The maximum atomic E-state index is 13.6. The number of carbonyl (C=O) groups excluding carboxylic acids is 2. The number of ether oxygens (including phenoxy) is 1. The van der Waals surface area contributed by atoms with Crippen molar-refractivity contribution in [2.75, 3.05) is 13.2 Å². The Balaban J connectivity index is 1.77. The molecule has 3 aromatic carbocycles. The molecule has 196 valence electrons. The minimum absolute atomic E-state index is 0.0686. The fourth-order valence-electron chi connectivity index (χ4n) is 3.95. The lowest BCUT2D eigenvalue weighted by Gasteiger charge is -2.32. The number of benzene rings is 3. The lowest BCUT2D eigenvalue weighted by molar-refractivity contribution is -0.141. The molecule has 2 amide bonds. The monoisotopic (exact) mass is 520 g/mol. The summed E-state index contributed by atoms with van der Waals surface area (Å²) in [6, 6.07) is 24.5. The SMILES string of the molecule is Cc1ccc(CN(C(=O)CCCOc2ccc(Cl)cc2)[C@@H](Cc2ccccc2)C(=O)NCC(C)C)cc1. The van der Waals surface area contributed by atoms with Crippen LogP contribution in [0.25, 0.3) is 0 Å². The molecule has 6 heteroatoms. The van der Waals surface area contributed by atoms with Gasteiger partial charge in [-0.15, -0.1) is 0 Å². The standard InChI is InChI=1S/C31H37ClN2O3/c1-23(2)21-33-31(36)29(20-25-8-5-4-6-9-25)34(22-26-13-11-24(3)12-14-26)30(35)10-7-19-37-28-17-15-27(32)16-18-28/h4-6,8-9,11-18,23,29H,7,10,19-22H2,1-3H3,(H,33,36)/t29-/m0/s1. The molecule has 0 saturated heterocycles. The van der Waals surface area contributed by atoms with Crippen molar-refractivity contribution in [3.05, 3.63) is 101 Å². The van der Waals surface area contributed by atoms with E-state index in [4.69, 9.17) is 16.3 Å². The van der Waals surface area contributed by atoms with Crippen molar-refractivity contribution >= 4 is 23.4 Å². The minimum Gasteiger partial charge on any atom is -0.494 e. The number of carbonyl (C=O) groups is 2. The largest absolute Gasteiger partial charge is 0.494 e. The molecule has 5 nitrogen and oxygen atoms in total. The fraction of sp³-hybridized carbons (Fsp3) is 0.355. The van der Waals surface area contributed by atoms with E-state index in [-0.39, 0.29) is 18.2 Å². The van der Waals surface area contributed by atoms with Crippen molar-refractivity contribution in [1.29, 1.82) is 0 Å². The lowest BCUT2D eigenvalue weighted by Crippen LogP contribution is -2.51. The summed E-state index contributed by atoms with van der Waals surface area (Å²) < 4.78 is 5.78. The van der Waals surface area contributed by atoms with Gasteiger partial charge < -0.3 is 15.0 Å². The molecule has 0 unspecified atom stereocenters. The third-order valence-electron chi connectivity index (χ3n) is 6.05. The molecule has 0 aliphatic rings. The number of hydrogen-bond acceptors (Lipinski definition) is 3. The Morgan fingerprint density at radius 3 is 2.24 bits per heavy atom. The zero-order chi connectivity index (χ0) is 26.6. The van der Waals surface area contributed by atoms with Crippen LogP contribution in [0.15, 0.2) is 78.9 Å². The molecule has 37 heavy (non-hydrogen) atoms. The van der Waals surface area contributed by atoms with E-state index < -0.39 is 6.04 Å². The highest BCUT2D eigenvalue weighted by molar-refractivity contribution is 6.30. The first kappa shape index (κ1) is 28.3. The molecule has 1 atom stereocenters. The Morgan fingerprint density at radius 1 is 0.919 bits per heavy atom. The Bertz CT molecular complexity index is 1120. The zero-order valence-corrected chi connectivity index (χ0v) is 22.7. The van der Waals surface area contributed by atoms with Crippen molar-refractivity contribution in [1.82, 2.24) is 10.2 Å². The van der Waals surface area contributed by atoms with E-state index >= 15 is 0 Å². The number of aryl methyl sites for hydroxylation is 1. The summed E-state index contributed by atoms with van der Waals surface area (Å²) in [5.41, 5.74) is 3.16. The highest BCUT2D eigenvalue weighted by Gasteiger charge is 2.30. The maximum absolute atomic E-state index is 13.6. The normalized spacial score (nSPS) is 11.7. The fourth-order valence-corrected chi connectivity index (χ4v) is 4.08. The third-order valence-corrected chi connectivity index (χ3v) is 6.30. The average Bonchev–Trinajstić information content (AvgIpc) is 2.89. The van der Waals surface area contributed by atoms with E-state index in [0.717, 1.165) is 16.7 Å². The number of hydrogen-bond donors (Lipinski definition) is 1. The van der Waals surface area contributed by atoms with E-state index in [0.29, 0.717) is 49.2 Å². The van der Waals surface area contributed by atoms with Gasteiger partial charge in [0.25, 0.3) is 0 Å². The first-order valence-corrected chi connectivity index (χ1v) is 13.2. The van der Waals surface area contributed by atoms with E-state index in [9.17, 15) is 9.59 Å². The molecule has 1 N–H and O–H groups in total. The summed E-state index contributed by atoms with van der Waals surface area (Å²) in [7, 11) is 0. The summed E-state index contributed by atoms with van der Waals surface area (Å²) in [5.74, 6) is 0.826. The zero-order valence-electron chi connectivity index (χ0n) is 22.0. The molecular weight excluding hydrogens is 484 g/mol. The number of amides is 2. The van der Waals surface area contributed by atoms with E-state index in [1.165, 1.54) is 0 Å². The summed E-state index contributed by atoms with van der Waals surface area (Å²) in [6.07, 6.45) is 1.27. The van der Waals surface area contributed by atoms with Crippen LogP contribution >= 0.6 is 11.6 Å². The van der Waals surface area contributed by atoms with Crippen LogP contribution in [0.4, 0.5) is 0 Å². The molecule has 0 aliphatic heterocycles. The van der Waals surface area contributed by atoms with Crippen molar-refractivity contribution < 1.29 is 14.3 Å². The van der Waals surface area contributed by atoms with E-state index in [1.807, 2.05) is 73.7 Å². The Labute approximate surface area is 225 Å². The molecule has 0 saturated carbocycles. The lowest BCUT2D eigenvalue weighted by atomic mass is 10.0. The van der Waals surface area contributed by atoms with Gasteiger partial charge >= 0.3 is 0 Å². The van der Waals surface area contributed by atoms with Gasteiger partial charge in [-0.05, 0) is 54.7 Å². The Morgan fingerprint density at radius 2 is 1.59 bits per heavy atom. The van der Waals surface area contributed by atoms with Crippen molar-refractivity contribution in [3.63, 3.8) is 0 Å². The van der Waals surface area contributed by atoms with Gasteiger partial charge in [-0.1, -0.05) is 85.6 Å². The van der Waals surface area contributed by atoms with Gasteiger partial charge in [0.05, 0.1) is 6.61 Å². The molecule has 0 spiro atoms. The summed E-state index contributed by atoms with van der Waals surface area (Å²) >= 11 is 5.94. The number of rotatable bonds is 13. The predicted molar refractivity (Wildman–Crippen MR) is 150 cm³/mol. The maximum Gasteiger partial charge on any atom is 0.243 e. The summed E-state index contributed by atoms with van der Waals surface area (Å²) in [6.45, 7) is 7.47. The van der Waals surface area contributed by atoms with Crippen LogP contribution < -0.4 is 10.1 Å². The molecule has 0 bridgehead atoms. The van der Waals surface area contributed by atoms with E-state index in [1.54, 1.807) is 17.0 Å². The van der Waals surface area contributed by atoms with Gasteiger partial charge in [0.1, 0.15) is 11.8 Å². The van der Waals surface area contributed by atoms with Gasteiger partial charge in [-0.3, -0.25) is 9.59 Å². The van der Waals surface area contributed by atoms with Gasteiger partial charge in [-0.2, -0.15) is 0 Å². The second-order valence-corrected chi connectivity index (χ2v) is 10.2. The van der Waals surface area contributed by atoms with Gasteiger partial charge in [0, 0.05) is 31.0 Å². The van der Waals surface area contributed by atoms with Crippen LogP contribution in [0, 0.1) is 12.8 Å². The first-order valence-electron chi connectivity index (χ1n) is 12.9. The quantitative estimate of drug-likeness (QED) is 0.272.